The summed E-state index contributed by atoms with van der Waals surface area (Å²) in [5.41, 5.74) is 1.52. The molecule has 1 N–H and O–H groups in total. The molecule has 1 unspecified atom stereocenters. The van der Waals surface area contributed by atoms with Gasteiger partial charge in [0.15, 0.2) is 0 Å². The van der Waals surface area contributed by atoms with Crippen molar-refractivity contribution in [2.24, 2.45) is 0 Å². The van der Waals surface area contributed by atoms with Gasteiger partial charge in [-0.05, 0) is 32.1 Å². The Morgan fingerprint density at radius 1 is 1.27 bits per heavy atom. The fourth-order valence-corrected chi connectivity index (χ4v) is 3.97. The van der Waals surface area contributed by atoms with Crippen LogP contribution < -0.4 is 17.3 Å². The molecule has 2 heterocycles. The van der Waals surface area contributed by atoms with Gasteiger partial charge in [0.2, 0.25) is 0 Å². The van der Waals surface area contributed by atoms with E-state index in [-0.39, 0.29) is 18.0 Å². The maximum Gasteiger partial charge on any atom is 0.117 e. The Morgan fingerprint density at radius 2 is 2.09 bits per heavy atom. The predicted octanol–water partition coefficient (Wildman–Crippen LogP) is -0.909. The van der Waals surface area contributed by atoms with E-state index in [0.717, 1.165) is 25.9 Å². The molecule has 2 fully saturated rings. The van der Waals surface area contributed by atoms with Crippen molar-refractivity contribution in [3.05, 3.63) is 35.9 Å². The highest BCUT2D eigenvalue weighted by molar-refractivity contribution is 5.13. The van der Waals surface area contributed by atoms with Gasteiger partial charge in [0.25, 0.3) is 0 Å². The number of nitrogens with zero attached hydrogens (tertiary/aromatic N) is 1. The summed E-state index contributed by atoms with van der Waals surface area (Å²) in [6.07, 6.45) is 6.64. The van der Waals surface area contributed by atoms with Crippen molar-refractivity contribution in [1.29, 1.82) is 5.26 Å². The predicted molar refractivity (Wildman–Crippen MR) is 81.8 cm³/mol. The molecule has 3 nitrogen and oxygen atoms in total. The number of hydrogen-bond donors (Lipinski definition) is 1. The van der Waals surface area contributed by atoms with Crippen LogP contribution in [0, 0.1) is 11.3 Å². The summed E-state index contributed by atoms with van der Waals surface area (Å²) < 4.78 is 6.39. The van der Waals surface area contributed by atoms with E-state index in [1.165, 1.54) is 31.4 Å². The minimum Gasteiger partial charge on any atom is -1.00 e. The van der Waals surface area contributed by atoms with E-state index in [1.807, 2.05) is 0 Å². The van der Waals surface area contributed by atoms with Crippen LogP contribution in [0.15, 0.2) is 30.3 Å². The highest BCUT2D eigenvalue weighted by Crippen LogP contribution is 2.36. The average Bonchev–Trinajstić information content (AvgIpc) is 2.89. The van der Waals surface area contributed by atoms with Crippen LogP contribution in [0.3, 0.4) is 0 Å². The Hall–Kier alpha value is -1.08. The van der Waals surface area contributed by atoms with Crippen molar-refractivity contribution >= 4 is 0 Å². The zero-order chi connectivity index (χ0) is 14.5. The molecule has 120 valence electrons. The fraction of sp³-hybridized carbons (Fsp3) is 0.611. The van der Waals surface area contributed by atoms with Crippen LogP contribution >= 0.6 is 0 Å². The lowest BCUT2D eigenvalue weighted by atomic mass is 9.89. The summed E-state index contributed by atoms with van der Waals surface area (Å²) in [6.45, 7) is 3.49. The maximum atomic E-state index is 8.72. The Kier molecular flexibility index (Phi) is 6.26. The van der Waals surface area contributed by atoms with E-state index >= 15 is 0 Å². The zero-order valence-electron chi connectivity index (χ0n) is 13.1. The first-order valence-electron chi connectivity index (χ1n) is 8.22. The lowest BCUT2D eigenvalue weighted by molar-refractivity contribution is -0.925. The molecule has 0 bridgehead atoms. The van der Waals surface area contributed by atoms with Crippen molar-refractivity contribution in [3.63, 3.8) is 0 Å². The van der Waals surface area contributed by atoms with Gasteiger partial charge in [-0.3, -0.25) is 0 Å². The van der Waals surface area contributed by atoms with E-state index in [0.29, 0.717) is 12.5 Å². The lowest BCUT2D eigenvalue weighted by Gasteiger charge is -2.37. The lowest BCUT2D eigenvalue weighted by Crippen LogP contribution is -3.13. The number of rotatable bonds is 4. The van der Waals surface area contributed by atoms with Crippen LogP contribution in [-0.2, 0) is 11.3 Å². The highest BCUT2D eigenvalue weighted by atomic mass is 35.5. The second-order valence-corrected chi connectivity index (χ2v) is 6.60. The summed E-state index contributed by atoms with van der Waals surface area (Å²) >= 11 is 0. The molecule has 3 rings (SSSR count). The van der Waals surface area contributed by atoms with Crippen LogP contribution in [0.1, 0.15) is 44.1 Å². The van der Waals surface area contributed by atoms with Crippen LogP contribution in [0.5, 0.6) is 0 Å². The van der Waals surface area contributed by atoms with Crippen molar-refractivity contribution < 1.29 is 22.0 Å². The molecule has 2 saturated heterocycles. The molecular weight excluding hydrogens is 296 g/mol. The van der Waals surface area contributed by atoms with E-state index < -0.39 is 0 Å². The number of nitriles is 1. The molecule has 2 aliphatic heterocycles. The molecule has 0 aromatic heterocycles. The standard InChI is InChI=1S/C18H24N2O.ClH/c19-12-4-8-17-9-11-18(21-17)10-5-13-20(15-18)14-16-6-2-1-3-7-16;/h1-3,6-7,17H,4-5,8-11,13-15H2;1H/t17-,18-;/m0./s1. The highest BCUT2D eigenvalue weighted by Gasteiger charge is 2.45. The molecule has 1 spiro atoms. The van der Waals surface area contributed by atoms with E-state index in [1.54, 1.807) is 4.90 Å². The summed E-state index contributed by atoms with van der Waals surface area (Å²) in [5.74, 6) is 0. The first-order valence-corrected chi connectivity index (χ1v) is 8.22. The van der Waals surface area contributed by atoms with Gasteiger partial charge in [-0.1, -0.05) is 30.3 Å². The third-order valence-corrected chi connectivity index (χ3v) is 4.95. The minimum absolute atomic E-state index is 0. The normalized spacial score (nSPS) is 30.7. The van der Waals surface area contributed by atoms with Crippen molar-refractivity contribution in [1.82, 2.24) is 0 Å². The van der Waals surface area contributed by atoms with Gasteiger partial charge < -0.3 is 22.0 Å². The van der Waals surface area contributed by atoms with Crippen molar-refractivity contribution in [2.45, 2.75) is 56.8 Å². The smallest absolute Gasteiger partial charge is 0.117 e. The summed E-state index contributed by atoms with van der Waals surface area (Å²) in [5, 5.41) is 8.72. The van der Waals surface area contributed by atoms with Gasteiger partial charge in [-0.15, -0.1) is 0 Å². The van der Waals surface area contributed by atoms with Crippen molar-refractivity contribution in [2.75, 3.05) is 13.1 Å². The third-order valence-electron chi connectivity index (χ3n) is 4.95. The van der Waals surface area contributed by atoms with E-state index in [2.05, 4.69) is 36.4 Å². The molecule has 0 saturated carbocycles. The van der Waals surface area contributed by atoms with Gasteiger partial charge in [0.1, 0.15) is 18.7 Å². The van der Waals surface area contributed by atoms with E-state index in [4.69, 9.17) is 10.00 Å². The molecule has 4 heteroatoms. The number of halogens is 1. The van der Waals surface area contributed by atoms with Crippen LogP contribution in [0.4, 0.5) is 0 Å². The number of piperidine rings is 1. The van der Waals surface area contributed by atoms with Gasteiger partial charge in [-0.25, -0.2) is 0 Å². The summed E-state index contributed by atoms with van der Waals surface area (Å²) in [7, 11) is 0. The van der Waals surface area contributed by atoms with Gasteiger partial charge in [-0.2, -0.15) is 5.26 Å². The first-order chi connectivity index (χ1) is 10.3. The summed E-state index contributed by atoms with van der Waals surface area (Å²) in [4.78, 5) is 1.65. The number of hydrogen-bond acceptors (Lipinski definition) is 2. The minimum atomic E-state index is 0. The second kappa shape index (κ2) is 7.97. The topological polar surface area (TPSA) is 37.5 Å². The number of ether oxygens (including phenoxy) is 1. The van der Waals surface area contributed by atoms with Crippen LogP contribution in [-0.4, -0.2) is 24.8 Å². The average molecular weight is 321 g/mol. The maximum absolute atomic E-state index is 8.72. The SMILES string of the molecule is N#CCC[C@H]1CC[C@]2(CCC[NH+](Cc3ccccc3)C2)O1.[Cl-]. The molecule has 3 atom stereocenters. The van der Waals surface area contributed by atoms with Crippen molar-refractivity contribution in [3.8, 4) is 6.07 Å². The summed E-state index contributed by atoms with van der Waals surface area (Å²) in [6, 6.07) is 13.0. The number of likely N-dealkylation sites (tertiary alicyclic amines) is 1. The number of benzene rings is 1. The molecular formula is C18H25ClN2O. The third kappa shape index (κ3) is 4.23. The zero-order valence-corrected chi connectivity index (χ0v) is 13.8. The Morgan fingerprint density at radius 3 is 2.86 bits per heavy atom. The molecule has 0 aliphatic carbocycles. The number of nitrogens with one attached hydrogen (secondary N) is 1. The van der Waals surface area contributed by atoms with Gasteiger partial charge in [0, 0.05) is 12.0 Å². The first kappa shape index (κ1) is 17.3. The van der Waals surface area contributed by atoms with Gasteiger partial charge in [0.05, 0.1) is 18.7 Å². The quantitative estimate of drug-likeness (QED) is 0.780. The van der Waals surface area contributed by atoms with E-state index in [9.17, 15) is 0 Å². The molecule has 1 aromatic carbocycles. The Balaban J connectivity index is 0.00000176. The number of quaternary nitrogens is 1. The Labute approximate surface area is 139 Å². The Bertz CT molecular complexity index is 502. The second-order valence-electron chi connectivity index (χ2n) is 6.60. The van der Waals surface area contributed by atoms with Crippen LogP contribution in [0.2, 0.25) is 0 Å². The largest absolute Gasteiger partial charge is 1.00 e. The molecule has 22 heavy (non-hydrogen) atoms. The molecule has 0 amide bonds. The monoisotopic (exact) mass is 320 g/mol. The molecule has 2 aliphatic rings. The molecule has 1 aromatic rings. The van der Waals surface area contributed by atoms with Crippen LogP contribution in [0.25, 0.3) is 0 Å². The fourth-order valence-electron chi connectivity index (χ4n) is 3.97. The van der Waals surface area contributed by atoms with Gasteiger partial charge >= 0.3 is 0 Å². The molecule has 0 radical (unpaired) electrons.